The highest BCUT2D eigenvalue weighted by atomic mass is 16.5. The maximum absolute atomic E-state index is 13.2. The van der Waals surface area contributed by atoms with Gasteiger partial charge in [0.05, 0.1) is 24.1 Å². The summed E-state index contributed by atoms with van der Waals surface area (Å²) in [5.74, 6) is 0.563. The molecule has 27 heavy (non-hydrogen) atoms. The van der Waals surface area contributed by atoms with E-state index in [4.69, 9.17) is 4.74 Å². The third-order valence-corrected chi connectivity index (χ3v) is 6.69. The molecule has 4 heteroatoms. The molecule has 0 radical (unpaired) electrons. The summed E-state index contributed by atoms with van der Waals surface area (Å²) in [6.07, 6.45) is 10.5. The van der Waals surface area contributed by atoms with Crippen molar-refractivity contribution in [1.82, 2.24) is 0 Å². The molecule has 1 aromatic rings. The molecule has 2 saturated carbocycles. The van der Waals surface area contributed by atoms with Crippen molar-refractivity contribution in [1.29, 1.82) is 0 Å². The highest BCUT2D eigenvalue weighted by molar-refractivity contribution is 6.23. The highest BCUT2D eigenvalue weighted by Crippen LogP contribution is 2.58. The molecule has 0 N–H and O–H groups in total. The summed E-state index contributed by atoms with van der Waals surface area (Å²) in [7, 11) is 0. The van der Waals surface area contributed by atoms with Gasteiger partial charge in [0.25, 0.3) is 0 Å². The van der Waals surface area contributed by atoms with Crippen molar-refractivity contribution in [2.45, 2.75) is 39.0 Å². The molecule has 4 atom stereocenters. The van der Waals surface area contributed by atoms with Crippen LogP contribution in [0.5, 0.6) is 5.75 Å². The van der Waals surface area contributed by atoms with Crippen molar-refractivity contribution >= 4 is 17.5 Å². The van der Waals surface area contributed by atoms with E-state index in [1.54, 1.807) is 0 Å². The average Bonchev–Trinajstić information content (AvgIpc) is 3.33. The van der Waals surface area contributed by atoms with Crippen LogP contribution in [-0.4, -0.2) is 18.4 Å². The van der Waals surface area contributed by atoms with E-state index < -0.39 is 0 Å². The lowest BCUT2D eigenvalue weighted by Gasteiger charge is -2.23. The number of nitrogens with zero attached hydrogens (tertiary/aromatic N) is 1. The van der Waals surface area contributed by atoms with E-state index in [2.05, 4.69) is 12.2 Å². The summed E-state index contributed by atoms with van der Waals surface area (Å²) in [4.78, 5) is 27.9. The summed E-state index contributed by atoms with van der Waals surface area (Å²) in [5.41, 5.74) is 3.61. The van der Waals surface area contributed by atoms with Crippen molar-refractivity contribution in [2.24, 2.45) is 23.7 Å². The van der Waals surface area contributed by atoms with Crippen molar-refractivity contribution < 1.29 is 14.3 Å². The Morgan fingerprint density at radius 1 is 0.926 bits per heavy atom. The van der Waals surface area contributed by atoms with Gasteiger partial charge in [0, 0.05) is 11.8 Å². The molecule has 1 aliphatic heterocycles. The van der Waals surface area contributed by atoms with Crippen LogP contribution >= 0.6 is 0 Å². The molecule has 5 rings (SSSR count). The van der Waals surface area contributed by atoms with Crippen LogP contribution < -0.4 is 9.64 Å². The number of imide groups is 1. The van der Waals surface area contributed by atoms with Gasteiger partial charge in [-0.05, 0) is 56.9 Å². The largest absolute Gasteiger partial charge is 0.494 e. The quantitative estimate of drug-likeness (QED) is 0.595. The van der Waals surface area contributed by atoms with E-state index in [0.29, 0.717) is 12.3 Å². The van der Waals surface area contributed by atoms with E-state index in [0.717, 1.165) is 18.6 Å². The Balaban J connectivity index is 1.46. The lowest BCUT2D eigenvalue weighted by atomic mass is 9.85. The van der Waals surface area contributed by atoms with Crippen LogP contribution in [-0.2, 0) is 9.59 Å². The molecular weight excluding hydrogens is 338 g/mol. The number of hydrogen-bond donors (Lipinski definition) is 0. The normalized spacial score (nSPS) is 31.8. The van der Waals surface area contributed by atoms with Gasteiger partial charge in [-0.25, -0.2) is 4.90 Å². The number of fused-ring (bicyclic) bond motifs is 5. The molecule has 3 fully saturated rings. The molecule has 2 bridgehead atoms. The Hall–Kier alpha value is -2.36. The van der Waals surface area contributed by atoms with Crippen LogP contribution in [0.2, 0.25) is 0 Å². The van der Waals surface area contributed by atoms with Gasteiger partial charge in [0.1, 0.15) is 5.75 Å². The molecular formula is C23H25NO3. The fraction of sp³-hybridized carbons (Fsp3) is 0.478. The summed E-state index contributed by atoms with van der Waals surface area (Å²) >= 11 is 0. The number of allylic oxidation sites excluding steroid dienone is 4. The smallest absolute Gasteiger partial charge is 0.238 e. The van der Waals surface area contributed by atoms with Crippen molar-refractivity contribution in [3.63, 3.8) is 0 Å². The summed E-state index contributed by atoms with van der Waals surface area (Å²) < 4.78 is 5.47. The van der Waals surface area contributed by atoms with E-state index in [-0.39, 0.29) is 35.5 Å². The number of benzene rings is 1. The first-order chi connectivity index (χ1) is 13.2. The standard InChI is InChI=1S/C23H25NO3/c1-2-27-16-10-8-15(9-11-16)24-22(25)20-17-12-13-18(21(20)23(24)26)19(17)14-6-4-3-5-7-14/h8-13,17-18,20-21H,2-7H2,1H3/t17-,18-,20+,21+/m1/s1. The summed E-state index contributed by atoms with van der Waals surface area (Å²) in [5, 5.41) is 0. The summed E-state index contributed by atoms with van der Waals surface area (Å²) in [6.45, 7) is 2.53. The van der Waals surface area contributed by atoms with Crippen molar-refractivity contribution in [2.75, 3.05) is 11.5 Å². The van der Waals surface area contributed by atoms with Gasteiger partial charge in [-0.3, -0.25) is 9.59 Å². The average molecular weight is 363 g/mol. The second-order valence-corrected chi connectivity index (χ2v) is 8.05. The van der Waals surface area contributed by atoms with Crippen LogP contribution in [0.4, 0.5) is 5.69 Å². The van der Waals surface area contributed by atoms with Crippen LogP contribution in [0.1, 0.15) is 39.0 Å². The fourth-order valence-electron chi connectivity index (χ4n) is 5.61. The molecule has 4 nitrogen and oxygen atoms in total. The number of rotatable bonds is 3. The maximum atomic E-state index is 13.2. The third kappa shape index (κ3) is 2.42. The van der Waals surface area contributed by atoms with Gasteiger partial charge in [0.15, 0.2) is 0 Å². The zero-order valence-corrected chi connectivity index (χ0v) is 15.7. The van der Waals surface area contributed by atoms with Gasteiger partial charge in [-0.15, -0.1) is 0 Å². The van der Waals surface area contributed by atoms with Gasteiger partial charge < -0.3 is 4.74 Å². The number of anilines is 1. The number of amides is 2. The molecule has 140 valence electrons. The van der Waals surface area contributed by atoms with E-state index in [1.807, 2.05) is 31.2 Å². The molecule has 2 amide bonds. The SMILES string of the molecule is CCOc1ccc(N2C(=O)[C@@H]3[C@@H](C2=O)[C@@H]2C=C[C@@H]3C2=C2CCCCC2)cc1. The molecule has 3 aliphatic carbocycles. The van der Waals surface area contributed by atoms with Gasteiger partial charge in [-0.2, -0.15) is 0 Å². The van der Waals surface area contributed by atoms with Crippen LogP contribution in [0.15, 0.2) is 47.6 Å². The second kappa shape index (κ2) is 6.36. The first-order valence-corrected chi connectivity index (χ1v) is 10.2. The number of carbonyl (C=O) groups excluding carboxylic acids is 2. The van der Waals surface area contributed by atoms with Gasteiger partial charge in [-0.1, -0.05) is 29.7 Å². The highest BCUT2D eigenvalue weighted by Gasteiger charge is 2.62. The van der Waals surface area contributed by atoms with E-state index in [1.165, 1.54) is 35.3 Å². The van der Waals surface area contributed by atoms with Crippen molar-refractivity contribution in [3.8, 4) is 5.75 Å². The Morgan fingerprint density at radius 3 is 2.07 bits per heavy atom. The molecule has 1 aromatic carbocycles. The van der Waals surface area contributed by atoms with Crippen LogP contribution in [0.25, 0.3) is 0 Å². The van der Waals surface area contributed by atoms with Crippen LogP contribution in [0, 0.1) is 23.7 Å². The fourth-order valence-corrected chi connectivity index (χ4v) is 5.61. The molecule has 0 unspecified atom stereocenters. The maximum Gasteiger partial charge on any atom is 0.238 e. The van der Waals surface area contributed by atoms with Crippen molar-refractivity contribution in [3.05, 3.63) is 47.6 Å². The predicted molar refractivity (Wildman–Crippen MR) is 103 cm³/mol. The number of hydrogen-bond acceptors (Lipinski definition) is 3. The molecule has 4 aliphatic rings. The summed E-state index contributed by atoms with van der Waals surface area (Å²) in [6, 6.07) is 7.29. The first-order valence-electron chi connectivity index (χ1n) is 10.2. The molecule has 1 heterocycles. The Bertz CT molecular complexity index is 809. The molecule has 0 aromatic heterocycles. The lowest BCUT2D eigenvalue weighted by molar-refractivity contribution is -0.122. The molecule has 0 spiro atoms. The second-order valence-electron chi connectivity index (χ2n) is 8.05. The predicted octanol–water partition coefficient (Wildman–Crippen LogP) is 4.27. The Morgan fingerprint density at radius 2 is 1.52 bits per heavy atom. The molecule has 1 saturated heterocycles. The van der Waals surface area contributed by atoms with Crippen LogP contribution in [0.3, 0.4) is 0 Å². The zero-order valence-electron chi connectivity index (χ0n) is 15.7. The Labute approximate surface area is 159 Å². The zero-order chi connectivity index (χ0) is 18.5. The Kier molecular flexibility index (Phi) is 3.96. The minimum atomic E-state index is -0.205. The monoisotopic (exact) mass is 363 g/mol. The van der Waals surface area contributed by atoms with E-state index >= 15 is 0 Å². The van der Waals surface area contributed by atoms with Gasteiger partial charge in [0.2, 0.25) is 11.8 Å². The minimum Gasteiger partial charge on any atom is -0.494 e. The van der Waals surface area contributed by atoms with E-state index in [9.17, 15) is 9.59 Å². The number of ether oxygens (including phenoxy) is 1. The first kappa shape index (κ1) is 16.8. The minimum absolute atomic E-state index is 0.0279. The number of carbonyl (C=O) groups is 2. The topological polar surface area (TPSA) is 46.6 Å². The third-order valence-electron chi connectivity index (χ3n) is 6.69. The lowest BCUT2D eigenvalue weighted by Crippen LogP contribution is -2.33. The van der Waals surface area contributed by atoms with Gasteiger partial charge >= 0.3 is 0 Å².